The predicted molar refractivity (Wildman–Crippen MR) is 74.1 cm³/mol. The van der Waals surface area contributed by atoms with Gasteiger partial charge in [0.1, 0.15) is 12.4 Å². The zero-order chi connectivity index (χ0) is 12.3. The average molecular weight is 292 g/mol. The van der Waals surface area contributed by atoms with Crippen molar-refractivity contribution in [3.05, 3.63) is 58.1 Å². The van der Waals surface area contributed by atoms with Crippen molar-refractivity contribution in [2.45, 2.75) is 13.5 Å². The molecular formula is C14H14BrNO. The summed E-state index contributed by atoms with van der Waals surface area (Å²) in [6.07, 6.45) is 0. The first kappa shape index (κ1) is 12.0. The van der Waals surface area contributed by atoms with Gasteiger partial charge < -0.3 is 10.5 Å². The highest BCUT2D eigenvalue weighted by molar-refractivity contribution is 9.10. The number of benzene rings is 2. The van der Waals surface area contributed by atoms with E-state index >= 15 is 0 Å². The number of nitrogen functional groups attached to an aromatic ring is 1. The van der Waals surface area contributed by atoms with Crippen LogP contribution in [0.5, 0.6) is 5.75 Å². The molecule has 2 nitrogen and oxygen atoms in total. The lowest BCUT2D eigenvalue weighted by Gasteiger charge is -2.09. The summed E-state index contributed by atoms with van der Waals surface area (Å²) in [6, 6.07) is 13.8. The largest absolute Gasteiger partial charge is 0.489 e. The van der Waals surface area contributed by atoms with E-state index in [9.17, 15) is 0 Å². The highest BCUT2D eigenvalue weighted by atomic mass is 79.9. The fourth-order valence-corrected chi connectivity index (χ4v) is 2.07. The van der Waals surface area contributed by atoms with Crippen LogP contribution < -0.4 is 10.5 Å². The Labute approximate surface area is 110 Å². The lowest BCUT2D eigenvalue weighted by atomic mass is 10.2. The van der Waals surface area contributed by atoms with Gasteiger partial charge in [0.25, 0.3) is 0 Å². The third-order valence-electron chi connectivity index (χ3n) is 2.48. The fourth-order valence-electron chi connectivity index (χ4n) is 1.62. The molecule has 0 bridgehead atoms. The third kappa shape index (κ3) is 3.24. The fraction of sp³-hybridized carbons (Fsp3) is 0.143. The first-order valence-corrected chi connectivity index (χ1v) is 6.18. The summed E-state index contributed by atoms with van der Waals surface area (Å²) >= 11 is 3.44. The summed E-state index contributed by atoms with van der Waals surface area (Å²) < 4.78 is 6.82. The third-order valence-corrected chi connectivity index (χ3v) is 2.98. The summed E-state index contributed by atoms with van der Waals surface area (Å²) in [6.45, 7) is 2.55. The molecule has 0 aliphatic carbocycles. The van der Waals surface area contributed by atoms with Gasteiger partial charge in [-0.1, -0.05) is 28.1 Å². The second kappa shape index (κ2) is 5.23. The summed E-state index contributed by atoms with van der Waals surface area (Å²) in [5.74, 6) is 0.874. The summed E-state index contributed by atoms with van der Waals surface area (Å²) in [5.41, 5.74) is 8.64. The first-order valence-electron chi connectivity index (χ1n) is 5.38. The highest BCUT2D eigenvalue weighted by Crippen LogP contribution is 2.21. The number of halogens is 1. The number of rotatable bonds is 3. The number of ether oxygens (including phenoxy) is 1. The van der Waals surface area contributed by atoms with Gasteiger partial charge in [0.2, 0.25) is 0 Å². The Hall–Kier alpha value is -1.48. The van der Waals surface area contributed by atoms with Gasteiger partial charge in [-0.15, -0.1) is 0 Å². The Bertz CT molecular complexity index is 525. The molecule has 0 amide bonds. The minimum atomic E-state index is 0.560. The maximum absolute atomic E-state index is 5.76. The minimum absolute atomic E-state index is 0.560. The number of nitrogens with two attached hydrogens (primary N) is 1. The van der Waals surface area contributed by atoms with Crippen molar-refractivity contribution in [3.8, 4) is 5.75 Å². The molecule has 0 radical (unpaired) electrons. The van der Waals surface area contributed by atoms with Crippen molar-refractivity contribution in [1.82, 2.24) is 0 Å². The Balaban J connectivity index is 2.07. The van der Waals surface area contributed by atoms with Gasteiger partial charge in [-0.05, 0) is 48.4 Å². The SMILES string of the molecule is Cc1cc(N)ccc1OCc1cccc(Br)c1. The van der Waals surface area contributed by atoms with Crippen molar-refractivity contribution in [2.75, 3.05) is 5.73 Å². The van der Waals surface area contributed by atoms with E-state index in [1.54, 1.807) is 0 Å². The summed E-state index contributed by atoms with van der Waals surface area (Å²) in [7, 11) is 0. The lowest BCUT2D eigenvalue weighted by molar-refractivity contribution is 0.304. The summed E-state index contributed by atoms with van der Waals surface area (Å²) in [5, 5.41) is 0. The zero-order valence-corrected chi connectivity index (χ0v) is 11.2. The van der Waals surface area contributed by atoms with Crippen LogP contribution in [-0.2, 0) is 6.61 Å². The molecular weight excluding hydrogens is 278 g/mol. The molecule has 2 N–H and O–H groups in total. The molecule has 2 aromatic rings. The van der Waals surface area contributed by atoms with E-state index in [1.807, 2.05) is 49.4 Å². The van der Waals surface area contributed by atoms with E-state index in [4.69, 9.17) is 10.5 Å². The monoisotopic (exact) mass is 291 g/mol. The molecule has 0 fully saturated rings. The van der Waals surface area contributed by atoms with Gasteiger partial charge in [0.05, 0.1) is 0 Å². The molecule has 0 aromatic heterocycles. The number of anilines is 1. The van der Waals surface area contributed by atoms with E-state index in [-0.39, 0.29) is 0 Å². The second-order valence-corrected chi connectivity index (χ2v) is 4.86. The molecule has 0 saturated heterocycles. The van der Waals surface area contributed by atoms with E-state index in [0.717, 1.165) is 27.0 Å². The number of aryl methyl sites for hydroxylation is 1. The Morgan fingerprint density at radius 1 is 1.18 bits per heavy atom. The van der Waals surface area contributed by atoms with Crippen LogP contribution in [0, 0.1) is 6.92 Å². The quantitative estimate of drug-likeness (QED) is 0.870. The van der Waals surface area contributed by atoms with Crippen molar-refractivity contribution >= 4 is 21.6 Å². The Morgan fingerprint density at radius 3 is 2.71 bits per heavy atom. The van der Waals surface area contributed by atoms with Gasteiger partial charge >= 0.3 is 0 Å². The normalized spacial score (nSPS) is 10.2. The van der Waals surface area contributed by atoms with Crippen LogP contribution in [0.15, 0.2) is 46.9 Å². The molecule has 0 saturated carbocycles. The maximum atomic E-state index is 5.76. The number of hydrogen-bond acceptors (Lipinski definition) is 2. The maximum Gasteiger partial charge on any atom is 0.122 e. The highest BCUT2D eigenvalue weighted by Gasteiger charge is 2.01. The molecule has 2 rings (SSSR count). The van der Waals surface area contributed by atoms with Crippen molar-refractivity contribution < 1.29 is 4.74 Å². The van der Waals surface area contributed by atoms with E-state index in [0.29, 0.717) is 6.61 Å². The molecule has 17 heavy (non-hydrogen) atoms. The standard InChI is InChI=1S/C14H14BrNO/c1-10-7-13(16)5-6-14(10)17-9-11-3-2-4-12(15)8-11/h2-8H,9,16H2,1H3. The second-order valence-electron chi connectivity index (χ2n) is 3.94. The Kier molecular flexibility index (Phi) is 3.69. The van der Waals surface area contributed by atoms with Gasteiger partial charge in [-0.3, -0.25) is 0 Å². The van der Waals surface area contributed by atoms with E-state index in [1.165, 1.54) is 0 Å². The van der Waals surface area contributed by atoms with Gasteiger partial charge in [0.15, 0.2) is 0 Å². The summed E-state index contributed by atoms with van der Waals surface area (Å²) in [4.78, 5) is 0. The van der Waals surface area contributed by atoms with Gasteiger partial charge in [-0.25, -0.2) is 0 Å². The first-order chi connectivity index (χ1) is 8.15. The molecule has 0 aliphatic rings. The van der Waals surface area contributed by atoms with Crippen LogP contribution in [0.25, 0.3) is 0 Å². The van der Waals surface area contributed by atoms with Crippen molar-refractivity contribution in [1.29, 1.82) is 0 Å². The van der Waals surface area contributed by atoms with Crippen LogP contribution in [-0.4, -0.2) is 0 Å². The van der Waals surface area contributed by atoms with Gasteiger partial charge in [-0.2, -0.15) is 0 Å². The molecule has 0 unspecified atom stereocenters. The van der Waals surface area contributed by atoms with Crippen LogP contribution >= 0.6 is 15.9 Å². The smallest absolute Gasteiger partial charge is 0.122 e. The van der Waals surface area contributed by atoms with Crippen LogP contribution in [0.2, 0.25) is 0 Å². The topological polar surface area (TPSA) is 35.2 Å². The molecule has 88 valence electrons. The average Bonchev–Trinajstić information content (AvgIpc) is 2.28. The Morgan fingerprint density at radius 2 is 2.00 bits per heavy atom. The lowest BCUT2D eigenvalue weighted by Crippen LogP contribution is -1.97. The van der Waals surface area contributed by atoms with Gasteiger partial charge in [0, 0.05) is 10.2 Å². The molecule has 0 spiro atoms. The molecule has 0 heterocycles. The van der Waals surface area contributed by atoms with E-state index in [2.05, 4.69) is 15.9 Å². The van der Waals surface area contributed by atoms with Crippen molar-refractivity contribution in [2.24, 2.45) is 0 Å². The van der Waals surface area contributed by atoms with Crippen molar-refractivity contribution in [3.63, 3.8) is 0 Å². The minimum Gasteiger partial charge on any atom is -0.489 e. The molecule has 2 aromatic carbocycles. The van der Waals surface area contributed by atoms with Crippen LogP contribution in [0.4, 0.5) is 5.69 Å². The van der Waals surface area contributed by atoms with Crippen LogP contribution in [0.3, 0.4) is 0 Å². The molecule has 3 heteroatoms. The molecule has 0 atom stereocenters. The molecule has 0 aliphatic heterocycles. The number of hydrogen-bond donors (Lipinski definition) is 1. The van der Waals surface area contributed by atoms with E-state index < -0.39 is 0 Å². The van der Waals surface area contributed by atoms with Crippen LogP contribution in [0.1, 0.15) is 11.1 Å². The zero-order valence-electron chi connectivity index (χ0n) is 9.61. The predicted octanol–water partition coefficient (Wildman–Crippen LogP) is 3.92.